The Morgan fingerprint density at radius 1 is 1.13 bits per heavy atom. The van der Waals surface area contributed by atoms with Gasteiger partial charge >= 0.3 is 0 Å². The molecule has 0 radical (unpaired) electrons. The minimum Gasteiger partial charge on any atom is -0.366 e. The van der Waals surface area contributed by atoms with Crippen molar-refractivity contribution < 1.29 is 0 Å². The van der Waals surface area contributed by atoms with Gasteiger partial charge in [0, 0.05) is 31.4 Å². The van der Waals surface area contributed by atoms with Gasteiger partial charge in [-0.2, -0.15) is 0 Å². The Kier molecular flexibility index (Phi) is 5.91. The van der Waals surface area contributed by atoms with Crippen LogP contribution < -0.4 is 4.90 Å². The average Bonchev–Trinajstić information content (AvgIpc) is 2.54. The number of hydrogen-bond donors (Lipinski definition) is 0. The van der Waals surface area contributed by atoms with E-state index >= 15 is 0 Å². The average molecular weight is 350 g/mol. The fraction of sp³-hybridized carbons (Fsp3) is 0.278. The first-order valence-electron chi connectivity index (χ1n) is 7.46. The molecule has 0 saturated heterocycles. The lowest BCUT2D eigenvalue weighted by molar-refractivity contribution is 0.552. The fourth-order valence-electron chi connectivity index (χ4n) is 2.14. The van der Waals surface area contributed by atoms with Crippen LogP contribution in [0.1, 0.15) is 12.5 Å². The highest BCUT2D eigenvalue weighted by molar-refractivity contribution is 6.36. The predicted molar refractivity (Wildman–Crippen MR) is 102 cm³/mol. The van der Waals surface area contributed by atoms with Crippen LogP contribution in [0.3, 0.4) is 0 Å². The predicted octanol–water partition coefficient (Wildman–Crippen LogP) is 5.68. The first kappa shape index (κ1) is 17.6. The molecule has 0 N–H and O–H groups in total. The standard InChI is InChI=1S/C18H21Cl2N3/c1-5-22(3)12-21-16-9-13(2)10-17(18(16)20)23(4)15-8-6-7-14(19)11-15/h6-12H,5H2,1-4H3. The first-order chi connectivity index (χ1) is 10.9. The van der Waals surface area contributed by atoms with Gasteiger partial charge in [0.1, 0.15) is 0 Å². The van der Waals surface area contributed by atoms with Crippen molar-refractivity contribution in [1.82, 2.24) is 4.90 Å². The van der Waals surface area contributed by atoms with Crippen molar-refractivity contribution in [3.05, 3.63) is 52.0 Å². The molecule has 0 atom stereocenters. The Morgan fingerprint density at radius 2 is 1.87 bits per heavy atom. The van der Waals surface area contributed by atoms with Crippen molar-refractivity contribution in [2.24, 2.45) is 4.99 Å². The van der Waals surface area contributed by atoms with E-state index < -0.39 is 0 Å². The summed E-state index contributed by atoms with van der Waals surface area (Å²) < 4.78 is 0. The lowest BCUT2D eigenvalue weighted by atomic mass is 10.1. The molecule has 0 aromatic heterocycles. The van der Waals surface area contributed by atoms with E-state index in [9.17, 15) is 0 Å². The summed E-state index contributed by atoms with van der Waals surface area (Å²) in [6.45, 7) is 5.00. The normalized spacial score (nSPS) is 11.0. The number of hydrogen-bond acceptors (Lipinski definition) is 2. The van der Waals surface area contributed by atoms with Crippen LogP contribution in [0.2, 0.25) is 10.0 Å². The first-order valence-corrected chi connectivity index (χ1v) is 8.21. The third-order valence-electron chi connectivity index (χ3n) is 3.63. The zero-order chi connectivity index (χ0) is 17.0. The SMILES string of the molecule is CCN(C)C=Nc1cc(C)cc(N(C)c2cccc(Cl)c2)c1Cl. The molecular weight excluding hydrogens is 329 g/mol. The van der Waals surface area contributed by atoms with E-state index in [0.717, 1.165) is 29.2 Å². The summed E-state index contributed by atoms with van der Waals surface area (Å²) in [5, 5.41) is 1.32. The van der Waals surface area contributed by atoms with Crippen LogP contribution >= 0.6 is 23.2 Å². The molecule has 23 heavy (non-hydrogen) atoms. The molecule has 0 unspecified atom stereocenters. The smallest absolute Gasteiger partial charge is 0.0910 e. The van der Waals surface area contributed by atoms with Crippen molar-refractivity contribution in [2.45, 2.75) is 13.8 Å². The molecule has 0 aliphatic heterocycles. The number of aryl methyl sites for hydroxylation is 1. The van der Waals surface area contributed by atoms with Gasteiger partial charge in [-0.25, -0.2) is 4.99 Å². The quantitative estimate of drug-likeness (QED) is 0.510. The van der Waals surface area contributed by atoms with Crippen LogP contribution in [-0.2, 0) is 0 Å². The Bertz CT molecular complexity index is 713. The zero-order valence-corrected chi connectivity index (χ0v) is 15.4. The van der Waals surface area contributed by atoms with E-state index in [-0.39, 0.29) is 0 Å². The Morgan fingerprint density at radius 3 is 2.52 bits per heavy atom. The highest BCUT2D eigenvalue weighted by Gasteiger charge is 2.13. The number of anilines is 2. The van der Waals surface area contributed by atoms with Crippen LogP contribution in [0.15, 0.2) is 41.4 Å². The Hall–Kier alpha value is -1.71. The van der Waals surface area contributed by atoms with E-state index in [1.54, 1.807) is 6.34 Å². The van der Waals surface area contributed by atoms with Crippen molar-refractivity contribution >= 4 is 46.6 Å². The second-order valence-electron chi connectivity index (χ2n) is 5.47. The van der Waals surface area contributed by atoms with Gasteiger partial charge in [-0.1, -0.05) is 29.3 Å². The molecule has 0 saturated carbocycles. The van der Waals surface area contributed by atoms with Gasteiger partial charge in [-0.15, -0.1) is 0 Å². The van der Waals surface area contributed by atoms with Gasteiger partial charge in [-0.3, -0.25) is 0 Å². The van der Waals surface area contributed by atoms with Crippen LogP contribution in [0.4, 0.5) is 17.1 Å². The Balaban J connectivity index is 2.43. The largest absolute Gasteiger partial charge is 0.366 e. The molecule has 5 heteroatoms. The summed E-state index contributed by atoms with van der Waals surface area (Å²) in [6.07, 6.45) is 1.80. The summed E-state index contributed by atoms with van der Waals surface area (Å²) in [7, 11) is 3.95. The van der Waals surface area contributed by atoms with Gasteiger partial charge in [0.05, 0.1) is 22.7 Å². The molecule has 0 amide bonds. The molecule has 2 rings (SSSR count). The third-order valence-corrected chi connectivity index (χ3v) is 4.25. The van der Waals surface area contributed by atoms with Gasteiger partial charge < -0.3 is 9.80 Å². The zero-order valence-electron chi connectivity index (χ0n) is 13.8. The van der Waals surface area contributed by atoms with Gasteiger partial charge in [-0.05, 0) is 49.7 Å². The lowest BCUT2D eigenvalue weighted by Gasteiger charge is -2.22. The minimum absolute atomic E-state index is 0.624. The molecule has 0 spiro atoms. The molecule has 0 fully saturated rings. The van der Waals surface area contributed by atoms with E-state index in [0.29, 0.717) is 10.0 Å². The van der Waals surface area contributed by atoms with Crippen molar-refractivity contribution in [3.8, 4) is 0 Å². The number of aliphatic imine (C=N–C) groups is 1. The van der Waals surface area contributed by atoms with Crippen LogP contribution in [0.25, 0.3) is 0 Å². The van der Waals surface area contributed by atoms with E-state index in [1.807, 2.05) is 67.2 Å². The molecule has 0 aliphatic carbocycles. The number of rotatable bonds is 5. The highest BCUT2D eigenvalue weighted by Crippen LogP contribution is 2.38. The van der Waals surface area contributed by atoms with Crippen LogP contribution in [-0.4, -0.2) is 31.9 Å². The van der Waals surface area contributed by atoms with E-state index in [1.165, 1.54) is 0 Å². The van der Waals surface area contributed by atoms with E-state index in [2.05, 4.69) is 11.9 Å². The molecular formula is C18H21Cl2N3. The fourth-order valence-corrected chi connectivity index (χ4v) is 2.60. The van der Waals surface area contributed by atoms with Crippen LogP contribution in [0, 0.1) is 6.92 Å². The molecule has 2 aromatic carbocycles. The number of halogens is 2. The van der Waals surface area contributed by atoms with Gasteiger partial charge in [0.2, 0.25) is 0 Å². The van der Waals surface area contributed by atoms with Crippen molar-refractivity contribution in [2.75, 3.05) is 25.5 Å². The second-order valence-corrected chi connectivity index (χ2v) is 6.29. The van der Waals surface area contributed by atoms with Gasteiger partial charge in [0.15, 0.2) is 0 Å². The Labute approximate surface area is 148 Å². The summed E-state index contributed by atoms with van der Waals surface area (Å²) in [4.78, 5) is 8.52. The lowest BCUT2D eigenvalue weighted by Crippen LogP contribution is -2.14. The minimum atomic E-state index is 0.624. The summed E-state index contributed by atoms with van der Waals surface area (Å²) in [6, 6.07) is 11.7. The van der Waals surface area contributed by atoms with Crippen molar-refractivity contribution in [1.29, 1.82) is 0 Å². The molecule has 3 nitrogen and oxygen atoms in total. The molecule has 122 valence electrons. The van der Waals surface area contributed by atoms with Crippen LogP contribution in [0.5, 0.6) is 0 Å². The maximum absolute atomic E-state index is 6.59. The highest BCUT2D eigenvalue weighted by atomic mass is 35.5. The summed E-state index contributed by atoms with van der Waals surface area (Å²) in [5.74, 6) is 0. The maximum Gasteiger partial charge on any atom is 0.0910 e. The van der Waals surface area contributed by atoms with E-state index in [4.69, 9.17) is 23.2 Å². The second kappa shape index (κ2) is 7.71. The summed E-state index contributed by atoms with van der Waals surface area (Å²) in [5.41, 5.74) is 3.74. The number of benzene rings is 2. The number of nitrogens with zero attached hydrogens (tertiary/aromatic N) is 3. The molecule has 0 heterocycles. The van der Waals surface area contributed by atoms with Crippen molar-refractivity contribution in [3.63, 3.8) is 0 Å². The van der Waals surface area contributed by atoms with Gasteiger partial charge in [0.25, 0.3) is 0 Å². The topological polar surface area (TPSA) is 18.8 Å². The molecule has 0 aliphatic rings. The molecule has 0 bridgehead atoms. The summed E-state index contributed by atoms with van der Waals surface area (Å²) >= 11 is 12.7. The maximum atomic E-state index is 6.59. The third kappa shape index (κ3) is 4.40. The molecule has 2 aromatic rings. The monoisotopic (exact) mass is 349 g/mol.